The predicted molar refractivity (Wildman–Crippen MR) is 97.1 cm³/mol. The number of benzene rings is 2. The number of nitrogens with zero attached hydrogens (tertiary/aromatic N) is 1. The van der Waals surface area contributed by atoms with E-state index in [0.717, 1.165) is 11.1 Å². The zero-order chi connectivity index (χ0) is 18.2. The van der Waals surface area contributed by atoms with Crippen LogP contribution in [0.25, 0.3) is 0 Å². The molecule has 0 saturated carbocycles. The molecule has 132 valence electrons. The van der Waals surface area contributed by atoms with Gasteiger partial charge in [-0.05, 0) is 36.6 Å². The average molecular weight is 340 g/mol. The van der Waals surface area contributed by atoms with E-state index in [1.807, 2.05) is 37.3 Å². The molecule has 5 nitrogen and oxygen atoms in total. The van der Waals surface area contributed by atoms with Crippen molar-refractivity contribution in [2.45, 2.75) is 26.3 Å². The molecule has 0 spiro atoms. The molecule has 0 atom stereocenters. The van der Waals surface area contributed by atoms with Crippen molar-refractivity contribution in [1.29, 1.82) is 0 Å². The van der Waals surface area contributed by atoms with Crippen LogP contribution in [0.2, 0.25) is 0 Å². The van der Waals surface area contributed by atoms with E-state index in [-0.39, 0.29) is 24.1 Å². The fourth-order valence-electron chi connectivity index (χ4n) is 2.43. The first-order valence-corrected chi connectivity index (χ1v) is 8.28. The van der Waals surface area contributed by atoms with E-state index in [1.165, 1.54) is 10.5 Å². The second-order valence-corrected chi connectivity index (χ2v) is 6.18. The van der Waals surface area contributed by atoms with Gasteiger partial charge in [0.1, 0.15) is 5.75 Å². The lowest BCUT2D eigenvalue weighted by Crippen LogP contribution is -2.37. The number of likely N-dealkylation sites (N-methyl/N-ethyl adjacent to an activating group) is 1. The zero-order valence-corrected chi connectivity index (χ0v) is 14.7. The van der Waals surface area contributed by atoms with Gasteiger partial charge in [-0.3, -0.25) is 9.59 Å². The minimum atomic E-state index is -0.174. The molecule has 2 rings (SSSR count). The van der Waals surface area contributed by atoms with E-state index in [0.29, 0.717) is 19.4 Å². The van der Waals surface area contributed by atoms with Gasteiger partial charge < -0.3 is 15.3 Å². The van der Waals surface area contributed by atoms with Crippen molar-refractivity contribution >= 4 is 11.8 Å². The molecule has 0 aliphatic heterocycles. The van der Waals surface area contributed by atoms with Gasteiger partial charge in [-0.1, -0.05) is 42.0 Å². The second-order valence-electron chi connectivity index (χ2n) is 6.18. The fourth-order valence-corrected chi connectivity index (χ4v) is 2.43. The Balaban J connectivity index is 1.72. The lowest BCUT2D eigenvalue weighted by molar-refractivity contribution is -0.132. The third-order valence-corrected chi connectivity index (χ3v) is 3.95. The van der Waals surface area contributed by atoms with E-state index < -0.39 is 0 Å². The first kappa shape index (κ1) is 18.5. The van der Waals surface area contributed by atoms with Crippen molar-refractivity contribution in [3.63, 3.8) is 0 Å². The summed E-state index contributed by atoms with van der Waals surface area (Å²) in [6.07, 6.45) is 1.01. The Bertz CT molecular complexity index is 726. The van der Waals surface area contributed by atoms with Gasteiger partial charge in [0, 0.05) is 20.0 Å². The van der Waals surface area contributed by atoms with E-state index in [9.17, 15) is 14.7 Å². The summed E-state index contributed by atoms with van der Waals surface area (Å²) in [5.41, 5.74) is 3.13. The molecule has 0 unspecified atom stereocenters. The van der Waals surface area contributed by atoms with Crippen LogP contribution >= 0.6 is 0 Å². The number of rotatable bonds is 7. The summed E-state index contributed by atoms with van der Waals surface area (Å²) in [5.74, 6) is -0.144. The maximum absolute atomic E-state index is 12.1. The molecule has 25 heavy (non-hydrogen) atoms. The maximum Gasteiger partial charge on any atom is 0.242 e. The highest BCUT2D eigenvalue weighted by Gasteiger charge is 2.11. The highest BCUT2D eigenvalue weighted by atomic mass is 16.3. The van der Waals surface area contributed by atoms with Crippen molar-refractivity contribution in [3.05, 3.63) is 65.2 Å². The summed E-state index contributed by atoms with van der Waals surface area (Å²) in [7, 11) is 1.67. The molecule has 2 amide bonds. The first-order chi connectivity index (χ1) is 11.9. The summed E-state index contributed by atoms with van der Waals surface area (Å²) < 4.78 is 0. The maximum atomic E-state index is 12.1. The van der Waals surface area contributed by atoms with Gasteiger partial charge >= 0.3 is 0 Å². The predicted octanol–water partition coefficient (Wildman–Crippen LogP) is 2.41. The van der Waals surface area contributed by atoms with Gasteiger partial charge in [0.2, 0.25) is 11.8 Å². The molecule has 0 heterocycles. The van der Waals surface area contributed by atoms with Crippen LogP contribution in [0.4, 0.5) is 0 Å². The van der Waals surface area contributed by atoms with Crippen LogP contribution in [-0.2, 0) is 22.6 Å². The number of amides is 2. The number of hydrogen-bond acceptors (Lipinski definition) is 3. The summed E-state index contributed by atoms with van der Waals surface area (Å²) in [5, 5.41) is 12.1. The molecule has 0 saturated heterocycles. The average Bonchev–Trinajstić information content (AvgIpc) is 2.59. The Kier molecular flexibility index (Phi) is 6.57. The molecule has 0 fully saturated rings. The van der Waals surface area contributed by atoms with Gasteiger partial charge in [-0.25, -0.2) is 0 Å². The smallest absolute Gasteiger partial charge is 0.242 e. The lowest BCUT2D eigenvalue weighted by atomic mass is 10.1. The van der Waals surface area contributed by atoms with Gasteiger partial charge in [0.15, 0.2) is 0 Å². The van der Waals surface area contributed by atoms with Crippen molar-refractivity contribution < 1.29 is 14.7 Å². The fraction of sp³-hybridized carbons (Fsp3) is 0.300. The molecule has 2 aromatic carbocycles. The molecular formula is C20H24N2O3. The van der Waals surface area contributed by atoms with E-state index in [1.54, 1.807) is 25.2 Å². The Morgan fingerprint density at radius 2 is 1.80 bits per heavy atom. The second kappa shape index (κ2) is 8.87. The SMILES string of the molecule is Cc1ccc(CCC(=O)NCC(=O)N(C)Cc2cccc(O)c2)cc1. The number of nitrogens with one attached hydrogen (secondary N) is 1. The third kappa shape index (κ3) is 6.30. The highest BCUT2D eigenvalue weighted by Crippen LogP contribution is 2.12. The van der Waals surface area contributed by atoms with Crippen LogP contribution in [0.5, 0.6) is 5.75 Å². The topological polar surface area (TPSA) is 69.6 Å². The van der Waals surface area contributed by atoms with Gasteiger partial charge in [0.05, 0.1) is 6.54 Å². The molecule has 0 aromatic heterocycles. The standard InChI is InChI=1S/C20H24N2O3/c1-15-6-8-16(9-7-15)10-11-19(24)21-13-20(25)22(2)14-17-4-3-5-18(23)12-17/h3-9,12,23H,10-11,13-14H2,1-2H3,(H,21,24). The highest BCUT2D eigenvalue weighted by molar-refractivity contribution is 5.84. The van der Waals surface area contributed by atoms with Crippen molar-refractivity contribution in [3.8, 4) is 5.75 Å². The number of carbonyl (C=O) groups excluding carboxylic acids is 2. The zero-order valence-electron chi connectivity index (χ0n) is 14.7. The molecule has 2 aromatic rings. The van der Waals surface area contributed by atoms with Gasteiger partial charge in [0.25, 0.3) is 0 Å². The van der Waals surface area contributed by atoms with Crippen LogP contribution in [0, 0.1) is 6.92 Å². The van der Waals surface area contributed by atoms with Gasteiger partial charge in [-0.2, -0.15) is 0 Å². The molecule has 5 heteroatoms. The largest absolute Gasteiger partial charge is 0.508 e. The Morgan fingerprint density at radius 3 is 2.48 bits per heavy atom. The summed E-state index contributed by atoms with van der Waals surface area (Å²) >= 11 is 0. The summed E-state index contributed by atoms with van der Waals surface area (Å²) in [4.78, 5) is 25.5. The third-order valence-electron chi connectivity index (χ3n) is 3.95. The molecule has 0 radical (unpaired) electrons. The Hall–Kier alpha value is -2.82. The van der Waals surface area contributed by atoms with Crippen molar-refractivity contribution in [1.82, 2.24) is 10.2 Å². The van der Waals surface area contributed by atoms with Crippen LogP contribution in [0.3, 0.4) is 0 Å². The van der Waals surface area contributed by atoms with E-state index in [4.69, 9.17) is 0 Å². The lowest BCUT2D eigenvalue weighted by Gasteiger charge is -2.17. The molecule has 0 bridgehead atoms. The molecule has 0 aliphatic rings. The van der Waals surface area contributed by atoms with Crippen LogP contribution in [0.1, 0.15) is 23.1 Å². The molecular weight excluding hydrogens is 316 g/mol. The Morgan fingerprint density at radius 1 is 1.08 bits per heavy atom. The first-order valence-electron chi connectivity index (χ1n) is 8.28. The van der Waals surface area contributed by atoms with Crippen molar-refractivity contribution in [2.75, 3.05) is 13.6 Å². The van der Waals surface area contributed by atoms with Crippen LogP contribution in [-0.4, -0.2) is 35.4 Å². The minimum Gasteiger partial charge on any atom is -0.508 e. The number of carbonyl (C=O) groups is 2. The van der Waals surface area contributed by atoms with Crippen molar-refractivity contribution in [2.24, 2.45) is 0 Å². The normalized spacial score (nSPS) is 10.3. The number of aryl methyl sites for hydroxylation is 2. The van der Waals surface area contributed by atoms with Gasteiger partial charge in [-0.15, -0.1) is 0 Å². The summed E-state index contributed by atoms with van der Waals surface area (Å²) in [6, 6.07) is 14.8. The number of phenols is 1. The van der Waals surface area contributed by atoms with E-state index in [2.05, 4.69) is 5.32 Å². The number of hydrogen-bond donors (Lipinski definition) is 2. The monoisotopic (exact) mass is 340 g/mol. The number of aromatic hydroxyl groups is 1. The quantitative estimate of drug-likeness (QED) is 0.813. The minimum absolute atomic E-state index is 0.0257. The summed E-state index contributed by atoms with van der Waals surface area (Å²) in [6.45, 7) is 2.38. The van der Waals surface area contributed by atoms with Crippen LogP contribution < -0.4 is 5.32 Å². The van der Waals surface area contributed by atoms with Crippen LogP contribution in [0.15, 0.2) is 48.5 Å². The number of phenolic OH excluding ortho intramolecular Hbond substituents is 1. The van der Waals surface area contributed by atoms with E-state index >= 15 is 0 Å². The molecule has 0 aliphatic carbocycles. The molecule has 2 N–H and O–H groups in total. The Labute approximate surface area is 148 Å².